The highest BCUT2D eigenvalue weighted by Crippen LogP contribution is 2.16. The molecule has 2 rings (SSSR count). The maximum Gasteiger partial charge on any atom is 0.191 e. The van der Waals surface area contributed by atoms with Crippen LogP contribution in [0.3, 0.4) is 0 Å². The highest BCUT2D eigenvalue weighted by atomic mass is 16.5. The Kier molecular flexibility index (Phi) is 4.66. The van der Waals surface area contributed by atoms with Gasteiger partial charge in [0.05, 0.1) is 13.7 Å². The number of guanidine groups is 1. The SMILES string of the molecule is COc1ccc(CN=C(N)N2CCC(C)CC2)cc1. The van der Waals surface area contributed by atoms with Crippen molar-refractivity contribution < 1.29 is 4.74 Å². The maximum absolute atomic E-state index is 6.05. The minimum absolute atomic E-state index is 0.627. The van der Waals surface area contributed by atoms with E-state index in [0.717, 1.165) is 30.3 Å². The van der Waals surface area contributed by atoms with E-state index in [1.165, 1.54) is 12.8 Å². The molecular weight excluding hydrogens is 238 g/mol. The summed E-state index contributed by atoms with van der Waals surface area (Å²) in [5, 5.41) is 0. The Labute approximate surface area is 115 Å². The van der Waals surface area contributed by atoms with Gasteiger partial charge in [-0.25, -0.2) is 4.99 Å². The first kappa shape index (κ1) is 13.7. The number of piperidine rings is 1. The van der Waals surface area contributed by atoms with Crippen LogP contribution < -0.4 is 10.5 Å². The minimum atomic E-state index is 0.627. The molecule has 4 nitrogen and oxygen atoms in total. The molecule has 0 aliphatic carbocycles. The van der Waals surface area contributed by atoms with Gasteiger partial charge in [0.25, 0.3) is 0 Å². The average Bonchev–Trinajstić information content (AvgIpc) is 2.46. The molecule has 1 aliphatic heterocycles. The zero-order valence-electron chi connectivity index (χ0n) is 11.8. The third-order valence-electron chi connectivity index (χ3n) is 3.69. The van der Waals surface area contributed by atoms with Crippen molar-refractivity contribution in [1.29, 1.82) is 0 Å². The average molecular weight is 261 g/mol. The zero-order valence-corrected chi connectivity index (χ0v) is 11.8. The number of likely N-dealkylation sites (tertiary alicyclic amines) is 1. The van der Waals surface area contributed by atoms with Crippen LogP contribution in [-0.4, -0.2) is 31.1 Å². The molecule has 0 bridgehead atoms. The van der Waals surface area contributed by atoms with Crippen molar-refractivity contribution >= 4 is 5.96 Å². The number of benzene rings is 1. The molecular formula is C15H23N3O. The van der Waals surface area contributed by atoms with E-state index in [1.54, 1.807) is 7.11 Å². The van der Waals surface area contributed by atoms with Crippen LogP contribution in [0.2, 0.25) is 0 Å². The van der Waals surface area contributed by atoms with Gasteiger partial charge in [0.15, 0.2) is 5.96 Å². The first-order valence-electron chi connectivity index (χ1n) is 6.87. The molecule has 0 amide bonds. The monoisotopic (exact) mass is 261 g/mol. The lowest BCUT2D eigenvalue weighted by atomic mass is 10.00. The molecule has 0 aromatic heterocycles. The first-order valence-corrected chi connectivity index (χ1v) is 6.87. The second-order valence-corrected chi connectivity index (χ2v) is 5.19. The van der Waals surface area contributed by atoms with Gasteiger partial charge in [0.1, 0.15) is 5.75 Å². The minimum Gasteiger partial charge on any atom is -0.497 e. The summed E-state index contributed by atoms with van der Waals surface area (Å²) in [6, 6.07) is 7.94. The van der Waals surface area contributed by atoms with E-state index >= 15 is 0 Å². The largest absolute Gasteiger partial charge is 0.497 e. The third kappa shape index (κ3) is 3.88. The standard InChI is InChI=1S/C15H23N3O/c1-12-7-9-18(10-8-12)15(16)17-11-13-3-5-14(19-2)6-4-13/h3-6,12H,7-11H2,1-2H3,(H2,16,17). The molecule has 1 aromatic carbocycles. The molecule has 4 heteroatoms. The molecule has 19 heavy (non-hydrogen) atoms. The lowest BCUT2D eigenvalue weighted by Gasteiger charge is -2.31. The van der Waals surface area contributed by atoms with Crippen LogP contribution in [0.25, 0.3) is 0 Å². The Bertz CT molecular complexity index is 420. The van der Waals surface area contributed by atoms with Crippen molar-refractivity contribution in [3.63, 3.8) is 0 Å². The Morgan fingerprint density at radius 3 is 2.53 bits per heavy atom. The van der Waals surface area contributed by atoms with Crippen LogP contribution in [0.4, 0.5) is 0 Å². The van der Waals surface area contributed by atoms with Crippen molar-refractivity contribution in [1.82, 2.24) is 4.90 Å². The Balaban J connectivity index is 1.89. The van der Waals surface area contributed by atoms with Crippen LogP contribution in [0, 0.1) is 5.92 Å². The molecule has 2 N–H and O–H groups in total. The van der Waals surface area contributed by atoms with Gasteiger partial charge < -0.3 is 15.4 Å². The number of hydrogen-bond donors (Lipinski definition) is 1. The van der Waals surface area contributed by atoms with Crippen LogP contribution in [0.5, 0.6) is 5.75 Å². The molecule has 0 radical (unpaired) electrons. The van der Waals surface area contributed by atoms with Gasteiger partial charge in [-0.05, 0) is 36.5 Å². The summed E-state index contributed by atoms with van der Waals surface area (Å²) >= 11 is 0. The molecule has 1 fully saturated rings. The second-order valence-electron chi connectivity index (χ2n) is 5.19. The molecule has 1 aliphatic rings. The zero-order chi connectivity index (χ0) is 13.7. The Hall–Kier alpha value is -1.71. The molecule has 1 aromatic rings. The van der Waals surface area contributed by atoms with Crippen molar-refractivity contribution in [3.05, 3.63) is 29.8 Å². The Morgan fingerprint density at radius 2 is 1.95 bits per heavy atom. The van der Waals surface area contributed by atoms with Gasteiger partial charge in [-0.1, -0.05) is 19.1 Å². The Morgan fingerprint density at radius 1 is 1.32 bits per heavy atom. The predicted octanol–water partition coefficient (Wildman–Crippen LogP) is 2.24. The van der Waals surface area contributed by atoms with Crippen molar-refractivity contribution in [2.45, 2.75) is 26.3 Å². The van der Waals surface area contributed by atoms with Gasteiger partial charge in [-0.15, -0.1) is 0 Å². The number of hydrogen-bond acceptors (Lipinski definition) is 2. The number of nitrogens with zero attached hydrogens (tertiary/aromatic N) is 2. The lowest BCUT2D eigenvalue weighted by Crippen LogP contribution is -2.42. The smallest absolute Gasteiger partial charge is 0.191 e. The summed E-state index contributed by atoms with van der Waals surface area (Å²) < 4.78 is 5.13. The quantitative estimate of drug-likeness (QED) is 0.670. The van der Waals surface area contributed by atoms with Gasteiger partial charge in [-0.3, -0.25) is 0 Å². The van der Waals surface area contributed by atoms with Gasteiger partial charge in [-0.2, -0.15) is 0 Å². The first-order chi connectivity index (χ1) is 9.19. The van der Waals surface area contributed by atoms with E-state index < -0.39 is 0 Å². The van der Waals surface area contributed by atoms with E-state index in [1.807, 2.05) is 24.3 Å². The third-order valence-corrected chi connectivity index (χ3v) is 3.69. The highest BCUT2D eigenvalue weighted by Gasteiger charge is 2.16. The van der Waals surface area contributed by atoms with E-state index in [2.05, 4.69) is 16.8 Å². The molecule has 0 atom stereocenters. The van der Waals surface area contributed by atoms with Crippen LogP contribution in [-0.2, 0) is 6.54 Å². The van der Waals surface area contributed by atoms with Crippen LogP contribution in [0.1, 0.15) is 25.3 Å². The fraction of sp³-hybridized carbons (Fsp3) is 0.533. The maximum atomic E-state index is 6.05. The highest BCUT2D eigenvalue weighted by molar-refractivity contribution is 5.78. The molecule has 0 spiro atoms. The normalized spacial score (nSPS) is 17.6. The number of ether oxygens (including phenoxy) is 1. The fourth-order valence-corrected chi connectivity index (χ4v) is 2.24. The second kappa shape index (κ2) is 6.45. The summed E-state index contributed by atoms with van der Waals surface area (Å²) in [6.07, 6.45) is 2.41. The van der Waals surface area contributed by atoms with Gasteiger partial charge in [0, 0.05) is 13.1 Å². The summed E-state index contributed by atoms with van der Waals surface area (Å²) in [5.41, 5.74) is 7.20. The van der Waals surface area contributed by atoms with E-state index in [4.69, 9.17) is 10.5 Å². The number of rotatable bonds is 3. The predicted molar refractivity (Wildman–Crippen MR) is 78.3 cm³/mol. The van der Waals surface area contributed by atoms with Crippen LogP contribution >= 0.6 is 0 Å². The summed E-state index contributed by atoms with van der Waals surface area (Å²) in [6.45, 7) is 4.97. The van der Waals surface area contributed by atoms with E-state index in [0.29, 0.717) is 12.5 Å². The molecule has 1 saturated heterocycles. The number of aliphatic imine (C=N–C) groups is 1. The van der Waals surface area contributed by atoms with Crippen molar-refractivity contribution in [3.8, 4) is 5.75 Å². The summed E-state index contributed by atoms with van der Waals surface area (Å²) in [4.78, 5) is 6.66. The molecule has 104 valence electrons. The van der Waals surface area contributed by atoms with E-state index in [-0.39, 0.29) is 0 Å². The topological polar surface area (TPSA) is 50.9 Å². The lowest BCUT2D eigenvalue weighted by molar-refractivity contribution is 0.277. The van der Waals surface area contributed by atoms with Gasteiger partial charge in [0.2, 0.25) is 0 Å². The fourth-order valence-electron chi connectivity index (χ4n) is 2.24. The summed E-state index contributed by atoms with van der Waals surface area (Å²) in [7, 11) is 1.67. The molecule has 1 heterocycles. The summed E-state index contributed by atoms with van der Waals surface area (Å²) in [5.74, 6) is 2.35. The van der Waals surface area contributed by atoms with E-state index in [9.17, 15) is 0 Å². The molecule has 0 unspecified atom stereocenters. The molecule has 0 saturated carbocycles. The number of nitrogens with two attached hydrogens (primary N) is 1. The van der Waals surface area contributed by atoms with Crippen LogP contribution in [0.15, 0.2) is 29.3 Å². The van der Waals surface area contributed by atoms with Crippen molar-refractivity contribution in [2.24, 2.45) is 16.6 Å². The van der Waals surface area contributed by atoms with Gasteiger partial charge >= 0.3 is 0 Å². The van der Waals surface area contributed by atoms with Crippen molar-refractivity contribution in [2.75, 3.05) is 20.2 Å². The number of methoxy groups -OCH3 is 1.